The predicted molar refractivity (Wildman–Crippen MR) is 134 cm³/mol. The highest BCUT2D eigenvalue weighted by Gasteiger charge is 2.40. The summed E-state index contributed by atoms with van der Waals surface area (Å²) in [5.74, 6) is 0.660. The maximum atomic E-state index is 13.6. The quantitative estimate of drug-likeness (QED) is 0.501. The third-order valence-corrected chi connectivity index (χ3v) is 6.67. The van der Waals surface area contributed by atoms with Crippen LogP contribution in [0, 0.1) is 17.2 Å². The Labute approximate surface area is 199 Å². The molecule has 33 heavy (non-hydrogen) atoms. The van der Waals surface area contributed by atoms with Gasteiger partial charge in [0.1, 0.15) is 17.4 Å². The van der Waals surface area contributed by atoms with Crippen LogP contribution in [0.2, 0.25) is 0 Å². The van der Waals surface area contributed by atoms with Crippen molar-refractivity contribution in [1.82, 2.24) is 0 Å². The zero-order valence-electron chi connectivity index (χ0n) is 19.4. The number of hydrogen-bond acceptors (Lipinski definition) is 6. The number of ether oxygens (including phenoxy) is 2. The molecule has 2 atom stereocenters. The normalized spacial score (nSPS) is 17.7. The van der Waals surface area contributed by atoms with E-state index in [1.165, 1.54) is 0 Å². The summed E-state index contributed by atoms with van der Waals surface area (Å²) < 4.78 is 11.0. The number of nitrogens with zero attached hydrogens (tertiary/aromatic N) is 2. The van der Waals surface area contributed by atoms with E-state index in [0.717, 1.165) is 29.2 Å². The predicted octanol–water partition coefficient (Wildman–Crippen LogP) is 5.79. The van der Waals surface area contributed by atoms with Crippen LogP contribution in [0.15, 0.2) is 64.8 Å². The first-order valence-electron chi connectivity index (χ1n) is 10.9. The summed E-state index contributed by atoms with van der Waals surface area (Å²) in [6.45, 7) is 3.96. The van der Waals surface area contributed by atoms with Crippen molar-refractivity contribution in [2.45, 2.75) is 32.6 Å². The average molecular weight is 464 g/mol. The Morgan fingerprint density at radius 3 is 2.45 bits per heavy atom. The Hall–Kier alpha value is -3.24. The van der Waals surface area contributed by atoms with Crippen LogP contribution in [-0.2, 0) is 4.79 Å². The first-order valence-corrected chi connectivity index (χ1v) is 11.9. The number of nitriles is 1. The number of aliphatic imine (C=N–C) groups is 1. The number of para-hydroxylation sites is 3. The van der Waals surface area contributed by atoms with E-state index >= 15 is 0 Å². The molecule has 1 N–H and O–H groups in total. The molecule has 0 fully saturated rings. The number of nitrogens with one attached hydrogen (secondary N) is 1. The molecule has 3 rings (SSSR count). The number of unbranched alkanes of at least 4 members (excludes halogenated alkanes) is 1. The number of benzene rings is 2. The third-order valence-electron chi connectivity index (χ3n) is 5.54. The molecule has 7 heteroatoms. The zero-order valence-corrected chi connectivity index (χ0v) is 20.2. The van der Waals surface area contributed by atoms with Crippen molar-refractivity contribution in [2.24, 2.45) is 10.9 Å². The fraction of sp³-hybridized carbons (Fsp3) is 0.346. The summed E-state index contributed by atoms with van der Waals surface area (Å²) in [6, 6.07) is 17.2. The van der Waals surface area contributed by atoms with Gasteiger partial charge in [0.25, 0.3) is 5.91 Å². The van der Waals surface area contributed by atoms with E-state index in [1.54, 1.807) is 38.1 Å². The van der Waals surface area contributed by atoms with E-state index in [4.69, 9.17) is 14.5 Å². The first kappa shape index (κ1) is 24.4. The summed E-state index contributed by atoms with van der Waals surface area (Å²) in [6.07, 6.45) is 2.10. The molecule has 0 aromatic heterocycles. The Bertz CT molecular complexity index is 1100. The number of carbonyl (C=O) groups excluding carboxylic acids is 1. The fourth-order valence-corrected chi connectivity index (χ4v) is 5.12. The maximum Gasteiger partial charge on any atom is 0.254 e. The van der Waals surface area contributed by atoms with Crippen LogP contribution in [0.5, 0.6) is 11.5 Å². The van der Waals surface area contributed by atoms with Gasteiger partial charge in [-0.2, -0.15) is 5.26 Å². The van der Waals surface area contributed by atoms with E-state index in [1.807, 2.05) is 43.3 Å². The zero-order chi connectivity index (χ0) is 23.8. The standard InChI is InChI=1S/C26H29N3O3S/c1-5-6-15-33-26-19(16-27)24(18-11-7-9-13-21(18)31-3)23(17(2)28-26)25(30)29-20-12-8-10-14-22(20)32-4/h7-14,19,24H,5-6,15H2,1-4H3,(H,29,30). The number of amides is 1. The molecule has 2 aromatic carbocycles. The second-order valence-corrected chi connectivity index (χ2v) is 8.75. The lowest BCUT2D eigenvalue weighted by Gasteiger charge is -2.31. The highest BCUT2D eigenvalue weighted by Crippen LogP contribution is 2.44. The lowest BCUT2D eigenvalue weighted by atomic mass is 9.78. The van der Waals surface area contributed by atoms with E-state index in [9.17, 15) is 10.1 Å². The summed E-state index contributed by atoms with van der Waals surface area (Å²) in [7, 11) is 3.16. The van der Waals surface area contributed by atoms with Crippen LogP contribution < -0.4 is 14.8 Å². The van der Waals surface area contributed by atoms with Gasteiger partial charge in [-0.25, -0.2) is 4.99 Å². The molecule has 1 aliphatic rings. The van der Waals surface area contributed by atoms with Crippen LogP contribution >= 0.6 is 11.8 Å². The summed E-state index contributed by atoms with van der Waals surface area (Å²) in [5, 5.41) is 13.9. The van der Waals surface area contributed by atoms with Crippen LogP contribution in [0.25, 0.3) is 0 Å². The summed E-state index contributed by atoms with van der Waals surface area (Å²) in [5.41, 5.74) is 2.41. The van der Waals surface area contributed by atoms with E-state index < -0.39 is 11.8 Å². The minimum atomic E-state index is -0.592. The number of thioether (sulfide) groups is 1. The molecule has 0 radical (unpaired) electrons. The van der Waals surface area contributed by atoms with Crippen LogP contribution in [-0.4, -0.2) is 30.9 Å². The Morgan fingerprint density at radius 1 is 1.12 bits per heavy atom. The minimum Gasteiger partial charge on any atom is -0.496 e. The van der Waals surface area contributed by atoms with Gasteiger partial charge in [-0.05, 0) is 37.3 Å². The molecule has 0 bridgehead atoms. The molecule has 1 amide bonds. The van der Waals surface area contributed by atoms with Gasteiger partial charge in [-0.15, -0.1) is 11.8 Å². The molecule has 172 valence electrons. The number of methoxy groups -OCH3 is 2. The molecular formula is C26H29N3O3S. The second kappa shape index (κ2) is 11.6. The van der Waals surface area contributed by atoms with E-state index in [2.05, 4.69) is 18.3 Å². The van der Waals surface area contributed by atoms with Gasteiger partial charge in [-0.1, -0.05) is 43.7 Å². The van der Waals surface area contributed by atoms with Crippen molar-refractivity contribution >= 4 is 28.4 Å². The van der Waals surface area contributed by atoms with Crippen LogP contribution in [0.3, 0.4) is 0 Å². The lowest BCUT2D eigenvalue weighted by molar-refractivity contribution is -0.113. The van der Waals surface area contributed by atoms with Crippen LogP contribution in [0.4, 0.5) is 5.69 Å². The molecule has 6 nitrogen and oxygen atoms in total. The highest BCUT2D eigenvalue weighted by atomic mass is 32.2. The SMILES string of the molecule is CCCCSC1=NC(C)=C(C(=O)Nc2ccccc2OC)C(c2ccccc2OC)C1C#N. The molecule has 0 aliphatic carbocycles. The van der Waals surface area contributed by atoms with Gasteiger partial charge in [0.05, 0.1) is 31.0 Å². The summed E-state index contributed by atoms with van der Waals surface area (Å²) >= 11 is 1.59. The molecular weight excluding hydrogens is 434 g/mol. The minimum absolute atomic E-state index is 0.311. The van der Waals surface area contributed by atoms with Crippen molar-refractivity contribution in [1.29, 1.82) is 5.26 Å². The molecule has 2 aromatic rings. The van der Waals surface area contributed by atoms with Gasteiger partial charge < -0.3 is 14.8 Å². The fourth-order valence-electron chi connectivity index (χ4n) is 3.90. The number of carbonyl (C=O) groups is 1. The van der Waals surface area contributed by atoms with Crippen molar-refractivity contribution in [3.05, 3.63) is 65.4 Å². The average Bonchev–Trinajstić information content (AvgIpc) is 2.84. The molecule has 0 saturated heterocycles. The third kappa shape index (κ3) is 5.40. The van der Waals surface area contributed by atoms with Gasteiger partial charge >= 0.3 is 0 Å². The molecule has 1 aliphatic heterocycles. The highest BCUT2D eigenvalue weighted by molar-refractivity contribution is 8.14. The Morgan fingerprint density at radius 2 is 1.79 bits per heavy atom. The van der Waals surface area contributed by atoms with Gasteiger partial charge in [-0.3, -0.25) is 4.79 Å². The lowest BCUT2D eigenvalue weighted by Crippen LogP contribution is -2.31. The monoisotopic (exact) mass is 463 g/mol. The van der Waals surface area contributed by atoms with Gasteiger partial charge in [0, 0.05) is 22.8 Å². The largest absolute Gasteiger partial charge is 0.496 e. The summed E-state index contributed by atoms with van der Waals surface area (Å²) in [4.78, 5) is 18.3. The van der Waals surface area contributed by atoms with Crippen LogP contribution in [0.1, 0.15) is 38.2 Å². The van der Waals surface area contributed by atoms with Crippen molar-refractivity contribution in [2.75, 3.05) is 25.3 Å². The van der Waals surface area contributed by atoms with Gasteiger partial charge in [0.2, 0.25) is 0 Å². The Balaban J connectivity index is 2.10. The van der Waals surface area contributed by atoms with Crippen molar-refractivity contribution < 1.29 is 14.3 Å². The number of allylic oxidation sites excluding steroid dienone is 1. The number of anilines is 1. The first-order chi connectivity index (χ1) is 16.0. The van der Waals surface area contributed by atoms with Gasteiger partial charge in [0.15, 0.2) is 0 Å². The molecule has 0 spiro atoms. The van der Waals surface area contributed by atoms with Crippen molar-refractivity contribution in [3.63, 3.8) is 0 Å². The smallest absolute Gasteiger partial charge is 0.254 e. The molecule has 1 heterocycles. The second-order valence-electron chi connectivity index (χ2n) is 7.63. The van der Waals surface area contributed by atoms with Crippen molar-refractivity contribution in [3.8, 4) is 17.6 Å². The number of rotatable bonds is 8. The Kier molecular flexibility index (Phi) is 8.56. The maximum absolute atomic E-state index is 13.6. The molecule has 2 unspecified atom stereocenters. The van der Waals surface area contributed by atoms with E-state index in [0.29, 0.717) is 28.5 Å². The number of hydrogen-bond donors (Lipinski definition) is 1. The topological polar surface area (TPSA) is 83.7 Å². The molecule has 0 saturated carbocycles. The van der Waals surface area contributed by atoms with E-state index in [-0.39, 0.29) is 5.91 Å².